The van der Waals surface area contributed by atoms with Crippen molar-refractivity contribution in [2.24, 2.45) is 0 Å². The molecule has 0 radical (unpaired) electrons. The maximum Gasteiger partial charge on any atom is 0.119 e. The highest BCUT2D eigenvalue weighted by Crippen LogP contribution is 2.14. The molecule has 1 aromatic carbocycles. The van der Waals surface area contributed by atoms with E-state index in [0.29, 0.717) is 6.04 Å². The van der Waals surface area contributed by atoms with Crippen molar-refractivity contribution in [2.75, 3.05) is 45.9 Å². The van der Waals surface area contributed by atoms with E-state index in [1.54, 1.807) is 0 Å². The molecule has 4 heteroatoms. The molecule has 1 unspecified atom stereocenters. The monoisotopic (exact) mass is 306 g/mol. The largest absolute Gasteiger partial charge is 0.492 e. The number of piperazine rings is 1. The summed E-state index contributed by atoms with van der Waals surface area (Å²) in [4.78, 5) is 4.85. The van der Waals surface area contributed by atoms with Crippen LogP contribution in [-0.4, -0.2) is 66.9 Å². The Labute approximate surface area is 134 Å². The number of rotatable bonds is 8. The van der Waals surface area contributed by atoms with Crippen molar-refractivity contribution in [1.82, 2.24) is 9.80 Å². The Morgan fingerprint density at radius 3 is 2.59 bits per heavy atom. The molecule has 124 valence electrons. The lowest BCUT2D eigenvalue weighted by Crippen LogP contribution is -2.51. The third-order valence-electron chi connectivity index (χ3n) is 4.59. The minimum absolute atomic E-state index is 0.271. The predicted molar refractivity (Wildman–Crippen MR) is 90.5 cm³/mol. The van der Waals surface area contributed by atoms with E-state index in [1.807, 2.05) is 6.07 Å². The number of ether oxygens (including phenoxy) is 1. The smallest absolute Gasteiger partial charge is 0.119 e. The van der Waals surface area contributed by atoms with Gasteiger partial charge in [0.2, 0.25) is 0 Å². The molecule has 0 aliphatic carbocycles. The molecule has 22 heavy (non-hydrogen) atoms. The fourth-order valence-corrected chi connectivity index (χ4v) is 3.00. The van der Waals surface area contributed by atoms with Crippen molar-refractivity contribution in [3.05, 3.63) is 29.8 Å². The van der Waals surface area contributed by atoms with E-state index in [4.69, 9.17) is 4.74 Å². The first kappa shape index (κ1) is 17.3. The quantitative estimate of drug-likeness (QED) is 0.797. The van der Waals surface area contributed by atoms with E-state index in [2.05, 4.69) is 41.8 Å². The summed E-state index contributed by atoms with van der Waals surface area (Å²) in [6.07, 6.45) is 2.07. The predicted octanol–water partition coefficient (Wildman–Crippen LogP) is 2.02. The molecule has 0 saturated carbocycles. The van der Waals surface area contributed by atoms with Crippen LogP contribution in [0.5, 0.6) is 5.75 Å². The molecular weight excluding hydrogens is 276 g/mol. The first-order chi connectivity index (χ1) is 10.8. The highest BCUT2D eigenvalue weighted by atomic mass is 16.5. The highest BCUT2D eigenvalue weighted by Gasteiger charge is 2.21. The SMILES string of the molecule is CCc1cccc(OCCN2CCN(C(CC)CO)CC2)c1. The van der Waals surface area contributed by atoms with E-state index in [0.717, 1.165) is 57.9 Å². The van der Waals surface area contributed by atoms with Crippen LogP contribution in [0.1, 0.15) is 25.8 Å². The summed E-state index contributed by atoms with van der Waals surface area (Å²) >= 11 is 0. The second-order valence-electron chi connectivity index (χ2n) is 5.97. The van der Waals surface area contributed by atoms with Gasteiger partial charge in [-0.1, -0.05) is 26.0 Å². The van der Waals surface area contributed by atoms with E-state index in [1.165, 1.54) is 5.56 Å². The second-order valence-corrected chi connectivity index (χ2v) is 5.97. The van der Waals surface area contributed by atoms with Gasteiger partial charge >= 0.3 is 0 Å². The summed E-state index contributed by atoms with van der Waals surface area (Å²) < 4.78 is 5.87. The number of aryl methyl sites for hydroxylation is 1. The van der Waals surface area contributed by atoms with E-state index < -0.39 is 0 Å². The average molecular weight is 306 g/mol. The molecular formula is C18H30N2O2. The molecule has 1 N–H and O–H groups in total. The molecule has 1 heterocycles. The van der Waals surface area contributed by atoms with Gasteiger partial charge in [-0.15, -0.1) is 0 Å². The molecule has 1 aromatic rings. The molecule has 1 fully saturated rings. The van der Waals surface area contributed by atoms with Gasteiger partial charge in [0.15, 0.2) is 0 Å². The third kappa shape index (κ3) is 4.97. The number of aliphatic hydroxyl groups excluding tert-OH is 1. The van der Waals surface area contributed by atoms with Crippen LogP contribution in [0.25, 0.3) is 0 Å². The van der Waals surface area contributed by atoms with Gasteiger partial charge in [-0.2, -0.15) is 0 Å². The van der Waals surface area contributed by atoms with Crippen LogP contribution in [0.2, 0.25) is 0 Å². The Hall–Kier alpha value is -1.10. The van der Waals surface area contributed by atoms with Crippen LogP contribution >= 0.6 is 0 Å². The molecule has 1 aliphatic heterocycles. The van der Waals surface area contributed by atoms with Crippen LogP contribution in [0.15, 0.2) is 24.3 Å². The first-order valence-electron chi connectivity index (χ1n) is 8.55. The number of hydrogen-bond acceptors (Lipinski definition) is 4. The Bertz CT molecular complexity index is 427. The third-order valence-corrected chi connectivity index (χ3v) is 4.59. The molecule has 2 rings (SSSR count). The zero-order valence-electron chi connectivity index (χ0n) is 14.0. The summed E-state index contributed by atoms with van der Waals surface area (Å²) in [5.74, 6) is 0.976. The minimum atomic E-state index is 0.271. The van der Waals surface area contributed by atoms with Gasteiger partial charge in [0.1, 0.15) is 12.4 Å². The molecule has 1 aliphatic rings. The van der Waals surface area contributed by atoms with Crippen molar-refractivity contribution >= 4 is 0 Å². The zero-order valence-corrected chi connectivity index (χ0v) is 14.0. The Morgan fingerprint density at radius 1 is 1.18 bits per heavy atom. The van der Waals surface area contributed by atoms with Gasteiger partial charge in [0.05, 0.1) is 6.61 Å². The molecule has 0 bridgehead atoms. The summed E-state index contributed by atoms with van der Waals surface area (Å²) in [5.41, 5.74) is 1.32. The van der Waals surface area contributed by atoms with Crippen LogP contribution in [0.3, 0.4) is 0 Å². The first-order valence-corrected chi connectivity index (χ1v) is 8.55. The number of benzene rings is 1. The van der Waals surface area contributed by atoms with E-state index in [-0.39, 0.29) is 6.61 Å². The maximum atomic E-state index is 9.38. The van der Waals surface area contributed by atoms with E-state index >= 15 is 0 Å². The Morgan fingerprint density at radius 2 is 1.95 bits per heavy atom. The zero-order chi connectivity index (χ0) is 15.8. The normalized spacial score (nSPS) is 18.3. The van der Waals surface area contributed by atoms with Gasteiger partial charge < -0.3 is 9.84 Å². The standard InChI is InChI=1S/C18H30N2O2/c1-3-16-6-5-7-18(14-16)22-13-12-19-8-10-20(11-9-19)17(4-2)15-21/h5-7,14,17,21H,3-4,8-13,15H2,1-2H3. The molecule has 0 spiro atoms. The summed E-state index contributed by atoms with van der Waals surface area (Å²) in [5, 5.41) is 9.38. The lowest BCUT2D eigenvalue weighted by Gasteiger charge is -2.38. The maximum absolute atomic E-state index is 9.38. The minimum Gasteiger partial charge on any atom is -0.492 e. The van der Waals surface area contributed by atoms with Gasteiger partial charge in [-0.05, 0) is 30.5 Å². The average Bonchev–Trinajstić information content (AvgIpc) is 2.57. The van der Waals surface area contributed by atoms with E-state index in [9.17, 15) is 5.11 Å². The van der Waals surface area contributed by atoms with Crippen LogP contribution in [0, 0.1) is 0 Å². The van der Waals surface area contributed by atoms with Crippen molar-refractivity contribution in [1.29, 1.82) is 0 Å². The number of nitrogens with zero attached hydrogens (tertiary/aromatic N) is 2. The number of hydrogen-bond donors (Lipinski definition) is 1. The van der Waals surface area contributed by atoms with Gasteiger partial charge in [0, 0.05) is 38.8 Å². The summed E-state index contributed by atoms with van der Waals surface area (Å²) in [6.45, 7) is 10.5. The molecule has 0 amide bonds. The summed E-state index contributed by atoms with van der Waals surface area (Å²) in [7, 11) is 0. The van der Waals surface area contributed by atoms with Gasteiger partial charge in [-0.25, -0.2) is 0 Å². The fraction of sp³-hybridized carbons (Fsp3) is 0.667. The molecule has 4 nitrogen and oxygen atoms in total. The van der Waals surface area contributed by atoms with Crippen molar-refractivity contribution in [3.8, 4) is 5.75 Å². The fourth-order valence-electron chi connectivity index (χ4n) is 3.00. The Kier molecular flexibility index (Phi) is 7.16. The molecule has 1 atom stereocenters. The van der Waals surface area contributed by atoms with Crippen LogP contribution in [0.4, 0.5) is 0 Å². The van der Waals surface area contributed by atoms with Crippen LogP contribution in [-0.2, 0) is 6.42 Å². The lowest BCUT2D eigenvalue weighted by atomic mass is 10.1. The lowest BCUT2D eigenvalue weighted by molar-refractivity contribution is 0.0584. The van der Waals surface area contributed by atoms with Gasteiger partial charge in [0.25, 0.3) is 0 Å². The topological polar surface area (TPSA) is 35.9 Å². The van der Waals surface area contributed by atoms with Crippen molar-refractivity contribution in [3.63, 3.8) is 0 Å². The van der Waals surface area contributed by atoms with Gasteiger partial charge in [-0.3, -0.25) is 9.80 Å². The Balaban J connectivity index is 1.68. The van der Waals surface area contributed by atoms with Crippen molar-refractivity contribution < 1.29 is 9.84 Å². The summed E-state index contributed by atoms with van der Waals surface area (Å²) in [6, 6.07) is 8.69. The number of aliphatic hydroxyl groups is 1. The van der Waals surface area contributed by atoms with Crippen molar-refractivity contribution in [2.45, 2.75) is 32.7 Å². The van der Waals surface area contributed by atoms with Crippen LogP contribution < -0.4 is 4.74 Å². The molecule has 1 saturated heterocycles. The second kappa shape index (κ2) is 9.13. The highest BCUT2D eigenvalue weighted by molar-refractivity contribution is 5.28. The molecule has 0 aromatic heterocycles.